The molecule has 16 heteroatoms. The van der Waals surface area contributed by atoms with E-state index in [4.69, 9.17) is 69.6 Å². The quantitative estimate of drug-likeness (QED) is 0.0353. The Kier molecular flexibility index (Phi) is 36.8. The Morgan fingerprint density at radius 2 is 0.812 bits per heavy atom. The maximum atomic E-state index is 11.7. The van der Waals surface area contributed by atoms with Crippen molar-refractivity contribution in [2.45, 2.75) is 53.9 Å². The van der Waals surface area contributed by atoms with Crippen LogP contribution in [0, 0.1) is 27.0 Å². The van der Waals surface area contributed by atoms with Crippen LogP contribution in [0.5, 0.6) is 0 Å². The largest absolute Gasteiger partial charge is 0.0622 e. The second-order valence-corrected chi connectivity index (χ2v) is 31.4. The monoisotopic (exact) mass is 1420 g/mol. The number of carbonyl (C=O) groups excluding carboxylic acids is 2. The van der Waals surface area contributed by atoms with Crippen molar-refractivity contribution in [3.05, 3.63) is 237 Å². The van der Waals surface area contributed by atoms with E-state index < -0.39 is 35.9 Å². The number of halogens is 5. The van der Waals surface area contributed by atoms with Gasteiger partial charge in [-0.2, -0.15) is 0 Å². The van der Waals surface area contributed by atoms with E-state index in [1.807, 2.05) is 36.4 Å². The minimum absolute atomic E-state index is 0.0478. The van der Waals surface area contributed by atoms with Crippen molar-refractivity contribution in [3.63, 3.8) is 0 Å². The average molecular weight is 1420 g/mol. The molecule has 0 saturated heterocycles. The molecule has 0 atom stereocenters. The normalized spacial score (nSPS) is 10.0. The summed E-state index contributed by atoms with van der Waals surface area (Å²) in [5, 5.41) is 9.01. The van der Waals surface area contributed by atoms with Gasteiger partial charge in [-0.15, -0.1) is 17.5 Å². The van der Waals surface area contributed by atoms with Crippen molar-refractivity contribution in [1.82, 2.24) is 0 Å². The number of rotatable bonds is 10. The number of carbonyl (C=O) groups is 2. The summed E-state index contributed by atoms with van der Waals surface area (Å²) in [6.07, 6.45) is 4.84. The summed E-state index contributed by atoms with van der Waals surface area (Å²) in [7, 11) is 7.15. The van der Waals surface area contributed by atoms with Crippen molar-refractivity contribution >= 4 is 153 Å². The van der Waals surface area contributed by atoms with Crippen LogP contribution in [0.3, 0.4) is 0 Å². The van der Waals surface area contributed by atoms with Gasteiger partial charge in [0.1, 0.15) is 17.6 Å². The smallest absolute Gasteiger partial charge is 0.0134 e. The fourth-order valence-corrected chi connectivity index (χ4v) is 12.7. The number of benzene rings is 8. The maximum absolute atomic E-state index is 11.7. The second-order valence-electron chi connectivity index (χ2n) is 16.9. The molecular weight excluding hydrogens is 1350 g/mol. The van der Waals surface area contributed by atoms with Crippen molar-refractivity contribution in [2.24, 2.45) is 0 Å². The van der Waals surface area contributed by atoms with Gasteiger partial charge in [-0.3, -0.25) is 0 Å². The number of hydrogen-bond donors (Lipinski definition) is 2. The van der Waals surface area contributed by atoms with Crippen LogP contribution in [0.25, 0.3) is 0 Å². The van der Waals surface area contributed by atoms with Gasteiger partial charge in [-0.05, 0) is 108 Å². The van der Waals surface area contributed by atoms with Crippen LogP contribution in [-0.4, -0.2) is 42.7 Å². The maximum Gasteiger partial charge on any atom is -0.0134 e. The SMILES string of the molecule is C#C[SiH2]C.CC.CCOC(=O)c1ccc(N)c(C#C[Si](C)(C)C)c1Cl.CCOC(=O)c1ccc(N)c(I)c1Cl.[Cl][Pd][Cl].c1ccc(P(c2ccccc2)c2ccccc2)cc1.c1ccc(P(c2ccccc2)c2ccccc2)cc1. The standard InChI is InChI=1S/2C18H15P.C14H18ClNO2Si.C9H9ClINO2.C3H6Si.C2H6.2ClH.Pd/c2*1-4-10-16(11-5-1)19(17-12-6-2-7-13-17)18-14-8-3-9-15-18;1-5-18-14(17)11-6-7-12(16)10(13(11)15)8-9-19(2,3)4;1-2-14-9(13)5-3-4-6(12)8(11)7(5)10;1-3-4-2;1-2;;;/h2*1-15H;6-7H,5,16H2,1-4H3;3-4H,2,12H2,1H3;1H,4H2,2H3;1-2H3;2*1H;/q;;;;;;;;+2/p-2. The first kappa shape index (κ1) is 71.4. The summed E-state index contributed by atoms with van der Waals surface area (Å²) >= 11 is 14.0. The molecule has 0 heterocycles. The molecule has 0 radical (unpaired) electrons. The third-order valence-corrected chi connectivity index (χ3v) is 18.6. The number of esters is 2. The average Bonchev–Trinajstić information content (AvgIpc) is 3.47. The van der Waals surface area contributed by atoms with E-state index in [-0.39, 0.29) is 30.5 Å². The second kappa shape index (κ2) is 41.3. The molecule has 0 fully saturated rings. The summed E-state index contributed by atoms with van der Waals surface area (Å²) < 4.78 is 10.5. The summed E-state index contributed by atoms with van der Waals surface area (Å²) in [4.78, 5) is 23.1. The van der Waals surface area contributed by atoms with Gasteiger partial charge in [-0.25, -0.2) is 9.59 Å². The Labute approximate surface area is 522 Å². The molecule has 8 rings (SSSR count). The minimum atomic E-state index is -1.54. The predicted molar refractivity (Wildman–Crippen MR) is 363 cm³/mol. The third kappa shape index (κ3) is 25.6. The first-order valence-electron chi connectivity index (χ1n) is 25.4. The molecule has 0 saturated carbocycles. The number of anilines is 2. The minimum Gasteiger partial charge on any atom is -0.0622 e. The first-order chi connectivity index (χ1) is 38.6. The van der Waals surface area contributed by atoms with E-state index in [0.717, 1.165) is 0 Å². The number of terminal acetylenes is 1. The Morgan fingerprint density at radius 1 is 0.550 bits per heavy atom. The van der Waals surface area contributed by atoms with E-state index in [1.165, 1.54) is 31.8 Å². The van der Waals surface area contributed by atoms with Gasteiger partial charge in [0.25, 0.3) is 0 Å². The van der Waals surface area contributed by atoms with Crippen molar-refractivity contribution in [3.8, 4) is 23.4 Å². The van der Waals surface area contributed by atoms with Gasteiger partial charge in [0.05, 0.1) is 43.5 Å². The number of hydrogen-bond acceptors (Lipinski definition) is 6. The summed E-state index contributed by atoms with van der Waals surface area (Å²) in [5.41, 5.74) is 19.5. The molecule has 0 amide bonds. The summed E-state index contributed by atoms with van der Waals surface area (Å²) in [6, 6.07) is 71.1. The fourth-order valence-electron chi connectivity index (χ4n) is 6.62. The van der Waals surface area contributed by atoms with Crippen LogP contribution < -0.4 is 43.3 Å². The van der Waals surface area contributed by atoms with E-state index in [1.54, 1.807) is 38.1 Å². The Hall–Kier alpha value is -4.73. The van der Waals surface area contributed by atoms with Gasteiger partial charge in [0, 0.05) is 11.4 Å². The van der Waals surface area contributed by atoms with Crippen molar-refractivity contribution in [1.29, 1.82) is 0 Å². The first-order valence-corrected chi connectivity index (χ1v) is 39.6. The molecule has 80 heavy (non-hydrogen) atoms. The van der Waals surface area contributed by atoms with Crippen LogP contribution in [0.1, 0.15) is 54.0 Å². The number of ether oxygens (including phenoxy) is 2. The van der Waals surface area contributed by atoms with Crippen LogP contribution in [0.15, 0.2) is 206 Å². The molecule has 0 unspecified atom stereocenters. The van der Waals surface area contributed by atoms with Gasteiger partial charge in [0.2, 0.25) is 0 Å². The van der Waals surface area contributed by atoms with Crippen LogP contribution in [0.2, 0.25) is 36.2 Å². The molecule has 0 aromatic heterocycles. The van der Waals surface area contributed by atoms with Crippen LogP contribution >= 0.6 is 80.7 Å². The molecule has 0 aliphatic heterocycles. The Balaban J connectivity index is 0.000000348. The summed E-state index contributed by atoms with van der Waals surface area (Å²) in [6.45, 7) is 16.6. The molecule has 0 spiro atoms. The molecule has 0 bridgehead atoms. The molecule has 6 nitrogen and oxygen atoms in total. The van der Waals surface area contributed by atoms with Crippen LogP contribution in [-0.2, 0) is 25.4 Å². The van der Waals surface area contributed by atoms with Crippen LogP contribution in [0.4, 0.5) is 11.4 Å². The molecule has 8 aromatic rings. The van der Waals surface area contributed by atoms with Gasteiger partial charge < -0.3 is 20.9 Å². The van der Waals surface area contributed by atoms with E-state index in [2.05, 4.69) is 225 Å². The van der Waals surface area contributed by atoms with E-state index in [0.29, 0.717) is 49.9 Å². The van der Waals surface area contributed by atoms with Gasteiger partial charge >= 0.3 is 46.9 Å². The zero-order valence-corrected chi connectivity index (χ0v) is 57.2. The molecule has 4 N–H and O–H groups in total. The van der Waals surface area contributed by atoms with Gasteiger partial charge in [-0.1, -0.05) is 251 Å². The molecule has 0 aliphatic rings. The topological polar surface area (TPSA) is 105 Å². The molecule has 422 valence electrons. The van der Waals surface area contributed by atoms with E-state index >= 15 is 0 Å². The fraction of sp³-hybridized carbons (Fsp3) is 0.156. The zero-order valence-electron chi connectivity index (χ0n) is 46.2. The molecular formula is C64H69Cl4IN2O4P2PdSi2. The Morgan fingerprint density at radius 3 is 1.06 bits per heavy atom. The molecule has 8 aromatic carbocycles. The zero-order chi connectivity index (χ0) is 59.3. The summed E-state index contributed by atoms with van der Waals surface area (Å²) in [5.74, 6) is 2.13. The number of nitrogen functional groups attached to an aromatic ring is 2. The Bertz CT molecular complexity index is 2840. The number of nitrogens with two attached hydrogens (primary N) is 2. The predicted octanol–water partition coefficient (Wildman–Crippen LogP) is 15.1. The van der Waals surface area contributed by atoms with Crippen molar-refractivity contribution < 1.29 is 35.0 Å². The van der Waals surface area contributed by atoms with E-state index in [9.17, 15) is 9.59 Å². The third-order valence-electron chi connectivity index (χ3n) is 10.1. The van der Waals surface area contributed by atoms with Gasteiger partial charge in [0.15, 0.2) is 0 Å². The molecule has 0 aliphatic carbocycles. The van der Waals surface area contributed by atoms with Crippen molar-refractivity contribution in [2.75, 3.05) is 24.7 Å².